The monoisotopic (exact) mass is 266 g/mol. The topological polar surface area (TPSA) is 92.4 Å². The Labute approximate surface area is 111 Å². The van der Waals surface area contributed by atoms with E-state index in [1.807, 2.05) is 0 Å². The summed E-state index contributed by atoms with van der Waals surface area (Å²) in [6.07, 6.45) is 3.87. The van der Waals surface area contributed by atoms with Crippen LogP contribution in [0.4, 0.5) is 5.88 Å². The second-order valence-corrected chi connectivity index (χ2v) is 5.20. The quantitative estimate of drug-likeness (QED) is 0.872. The van der Waals surface area contributed by atoms with Crippen LogP contribution in [0.25, 0.3) is 0 Å². The van der Waals surface area contributed by atoms with E-state index in [1.54, 1.807) is 13.0 Å². The fraction of sp³-hybridized carbons (Fsp3) is 0.615. The highest BCUT2D eigenvalue weighted by molar-refractivity contribution is 5.93. The third-order valence-electron chi connectivity index (χ3n) is 3.65. The number of aliphatic carboxylic acids is 1. The van der Waals surface area contributed by atoms with Crippen LogP contribution in [0.15, 0.2) is 10.6 Å². The first kappa shape index (κ1) is 13.6. The van der Waals surface area contributed by atoms with Gasteiger partial charge in [-0.25, -0.2) is 0 Å². The molecule has 0 aromatic carbocycles. The van der Waals surface area contributed by atoms with Crippen molar-refractivity contribution in [1.82, 2.24) is 5.16 Å². The van der Waals surface area contributed by atoms with Crippen molar-refractivity contribution in [2.45, 2.75) is 45.4 Å². The molecule has 0 aliphatic heterocycles. The number of rotatable bonds is 4. The lowest BCUT2D eigenvalue weighted by Gasteiger charge is -2.32. The van der Waals surface area contributed by atoms with Gasteiger partial charge in [-0.2, -0.15) is 0 Å². The Morgan fingerprint density at radius 1 is 1.42 bits per heavy atom. The molecule has 1 aliphatic rings. The fourth-order valence-corrected chi connectivity index (χ4v) is 2.61. The summed E-state index contributed by atoms with van der Waals surface area (Å²) in [5.74, 6) is -0.949. The van der Waals surface area contributed by atoms with E-state index in [-0.39, 0.29) is 18.2 Å². The first-order valence-electron chi connectivity index (χ1n) is 6.48. The van der Waals surface area contributed by atoms with Crippen molar-refractivity contribution < 1.29 is 19.2 Å². The Morgan fingerprint density at radius 2 is 2.11 bits per heavy atom. The number of nitrogens with zero attached hydrogens (tertiary/aromatic N) is 1. The summed E-state index contributed by atoms with van der Waals surface area (Å²) in [4.78, 5) is 23.4. The number of aryl methyl sites for hydroxylation is 1. The van der Waals surface area contributed by atoms with E-state index in [4.69, 9.17) is 4.52 Å². The molecule has 2 N–H and O–H groups in total. The maximum Gasteiger partial charge on any atom is 0.310 e. The van der Waals surface area contributed by atoms with E-state index >= 15 is 0 Å². The molecule has 1 aliphatic carbocycles. The Morgan fingerprint density at radius 3 is 2.63 bits per heavy atom. The van der Waals surface area contributed by atoms with Gasteiger partial charge in [-0.3, -0.25) is 14.9 Å². The average Bonchev–Trinajstić information content (AvgIpc) is 2.75. The van der Waals surface area contributed by atoms with Gasteiger partial charge in [-0.05, 0) is 19.8 Å². The summed E-state index contributed by atoms with van der Waals surface area (Å²) in [6, 6.07) is 1.60. The molecule has 19 heavy (non-hydrogen) atoms. The van der Waals surface area contributed by atoms with E-state index in [9.17, 15) is 14.7 Å². The maximum atomic E-state index is 11.9. The number of carboxylic acids is 1. The molecule has 2 rings (SSSR count). The number of hydrogen-bond acceptors (Lipinski definition) is 4. The Balaban J connectivity index is 2.01. The lowest BCUT2D eigenvalue weighted by Crippen LogP contribution is -2.37. The summed E-state index contributed by atoms with van der Waals surface area (Å²) in [6.45, 7) is 1.75. The van der Waals surface area contributed by atoms with Crippen LogP contribution >= 0.6 is 0 Å². The van der Waals surface area contributed by atoms with Gasteiger partial charge in [0.05, 0.1) is 11.1 Å². The standard InChI is InChI=1S/C13H18N2O4/c1-9-7-11(19-15-9)14-10(16)8-13(12(17)18)5-3-2-4-6-13/h7H,2-6,8H2,1H3,(H,14,16)(H,17,18). The molecule has 104 valence electrons. The van der Waals surface area contributed by atoms with E-state index in [1.165, 1.54) is 0 Å². The highest BCUT2D eigenvalue weighted by Gasteiger charge is 2.41. The summed E-state index contributed by atoms with van der Waals surface area (Å²) >= 11 is 0. The van der Waals surface area contributed by atoms with Gasteiger partial charge in [0, 0.05) is 12.5 Å². The lowest BCUT2D eigenvalue weighted by atomic mass is 9.71. The smallest absolute Gasteiger partial charge is 0.310 e. The van der Waals surface area contributed by atoms with E-state index in [0.717, 1.165) is 19.3 Å². The number of carbonyl (C=O) groups is 2. The van der Waals surface area contributed by atoms with Crippen LogP contribution in [0.3, 0.4) is 0 Å². The van der Waals surface area contributed by atoms with Crippen LogP contribution in [0.2, 0.25) is 0 Å². The number of anilines is 1. The van der Waals surface area contributed by atoms with Gasteiger partial charge in [0.2, 0.25) is 11.8 Å². The first-order chi connectivity index (χ1) is 9.02. The van der Waals surface area contributed by atoms with Crippen molar-refractivity contribution in [3.8, 4) is 0 Å². The molecular weight excluding hydrogens is 248 g/mol. The maximum absolute atomic E-state index is 11.9. The Bertz CT molecular complexity index is 475. The molecular formula is C13H18N2O4. The van der Waals surface area contributed by atoms with Gasteiger partial charge in [0.1, 0.15) is 0 Å². The zero-order valence-electron chi connectivity index (χ0n) is 10.9. The molecule has 1 fully saturated rings. The minimum atomic E-state index is -0.919. The van der Waals surface area contributed by atoms with Crippen LogP contribution in [-0.4, -0.2) is 22.1 Å². The van der Waals surface area contributed by atoms with E-state index in [2.05, 4.69) is 10.5 Å². The molecule has 0 spiro atoms. The lowest BCUT2D eigenvalue weighted by molar-refractivity contribution is -0.153. The molecule has 0 unspecified atom stereocenters. The van der Waals surface area contributed by atoms with Gasteiger partial charge >= 0.3 is 5.97 Å². The van der Waals surface area contributed by atoms with Crippen LogP contribution < -0.4 is 5.32 Å². The van der Waals surface area contributed by atoms with E-state index < -0.39 is 11.4 Å². The zero-order chi connectivity index (χ0) is 13.9. The zero-order valence-corrected chi connectivity index (χ0v) is 10.9. The molecule has 1 amide bonds. The molecule has 6 heteroatoms. The minimum Gasteiger partial charge on any atom is -0.481 e. The van der Waals surface area contributed by atoms with Gasteiger partial charge in [-0.15, -0.1) is 0 Å². The number of nitrogens with one attached hydrogen (secondary N) is 1. The molecule has 1 saturated carbocycles. The first-order valence-corrected chi connectivity index (χ1v) is 6.48. The molecule has 1 aromatic heterocycles. The molecule has 1 heterocycles. The van der Waals surface area contributed by atoms with E-state index in [0.29, 0.717) is 18.5 Å². The van der Waals surface area contributed by atoms with Crippen LogP contribution in [-0.2, 0) is 9.59 Å². The van der Waals surface area contributed by atoms with Crippen molar-refractivity contribution in [2.24, 2.45) is 5.41 Å². The number of aromatic nitrogens is 1. The fourth-order valence-electron chi connectivity index (χ4n) is 2.61. The molecule has 6 nitrogen and oxygen atoms in total. The molecule has 0 atom stereocenters. The largest absolute Gasteiger partial charge is 0.481 e. The predicted molar refractivity (Wildman–Crippen MR) is 67.6 cm³/mol. The Hall–Kier alpha value is -1.85. The number of amides is 1. The third-order valence-corrected chi connectivity index (χ3v) is 3.65. The SMILES string of the molecule is Cc1cc(NC(=O)CC2(C(=O)O)CCCCC2)on1. The number of carbonyl (C=O) groups excluding carboxylic acids is 1. The highest BCUT2D eigenvalue weighted by atomic mass is 16.5. The summed E-state index contributed by atoms with van der Waals surface area (Å²) in [5.41, 5.74) is -0.252. The van der Waals surface area contributed by atoms with Gasteiger partial charge in [0.15, 0.2) is 0 Å². The molecule has 0 saturated heterocycles. The number of hydrogen-bond donors (Lipinski definition) is 2. The van der Waals surface area contributed by atoms with Crippen molar-refractivity contribution in [1.29, 1.82) is 0 Å². The second kappa shape index (κ2) is 5.42. The van der Waals surface area contributed by atoms with Gasteiger partial charge < -0.3 is 9.63 Å². The predicted octanol–water partition coefficient (Wildman–Crippen LogP) is 2.35. The number of carboxylic acid groups (broad SMARTS) is 1. The van der Waals surface area contributed by atoms with Crippen molar-refractivity contribution in [3.63, 3.8) is 0 Å². The third kappa shape index (κ3) is 3.13. The minimum absolute atomic E-state index is 0.0118. The highest BCUT2D eigenvalue weighted by Crippen LogP contribution is 2.39. The summed E-state index contributed by atoms with van der Waals surface area (Å²) in [5, 5.41) is 15.6. The Kier molecular flexibility index (Phi) is 3.87. The molecule has 0 radical (unpaired) electrons. The second-order valence-electron chi connectivity index (χ2n) is 5.20. The van der Waals surface area contributed by atoms with Crippen LogP contribution in [0, 0.1) is 12.3 Å². The van der Waals surface area contributed by atoms with Crippen LogP contribution in [0.5, 0.6) is 0 Å². The van der Waals surface area contributed by atoms with Crippen LogP contribution in [0.1, 0.15) is 44.2 Å². The summed E-state index contributed by atoms with van der Waals surface area (Å²) < 4.78 is 4.89. The normalized spacial score (nSPS) is 17.9. The van der Waals surface area contributed by atoms with Gasteiger partial charge in [0.25, 0.3) is 0 Å². The van der Waals surface area contributed by atoms with Crippen molar-refractivity contribution >= 4 is 17.8 Å². The van der Waals surface area contributed by atoms with Crippen molar-refractivity contribution in [2.75, 3.05) is 5.32 Å². The van der Waals surface area contributed by atoms with Gasteiger partial charge in [-0.1, -0.05) is 24.4 Å². The molecule has 0 bridgehead atoms. The molecule has 1 aromatic rings. The summed E-state index contributed by atoms with van der Waals surface area (Å²) in [7, 11) is 0. The van der Waals surface area contributed by atoms with Crippen molar-refractivity contribution in [3.05, 3.63) is 11.8 Å². The average molecular weight is 266 g/mol.